The normalized spacial score (nSPS) is 12.1. The number of sulfonamides is 1. The molecule has 0 bridgehead atoms. The third-order valence-electron chi connectivity index (χ3n) is 2.72. The summed E-state index contributed by atoms with van der Waals surface area (Å²) in [4.78, 5) is 4.37. The van der Waals surface area contributed by atoms with Gasteiger partial charge in [0.1, 0.15) is 10.7 Å². The van der Waals surface area contributed by atoms with E-state index in [1.165, 1.54) is 10.5 Å². The second-order valence-electron chi connectivity index (χ2n) is 4.62. The number of nitrogens with zero attached hydrogens (tertiary/aromatic N) is 2. The van der Waals surface area contributed by atoms with Crippen molar-refractivity contribution in [1.82, 2.24) is 9.29 Å². The van der Waals surface area contributed by atoms with E-state index in [-0.39, 0.29) is 10.9 Å². The first-order chi connectivity index (χ1) is 8.93. The Labute approximate surface area is 116 Å². The smallest absolute Gasteiger partial charge is 0.244 e. The molecule has 0 aromatic carbocycles. The zero-order valence-electron chi connectivity index (χ0n) is 12.0. The van der Waals surface area contributed by atoms with Gasteiger partial charge in [-0.05, 0) is 39.3 Å². The molecule has 6 heteroatoms. The van der Waals surface area contributed by atoms with E-state index in [0.717, 1.165) is 13.0 Å². The summed E-state index contributed by atoms with van der Waals surface area (Å²) in [6.45, 7) is 8.98. The van der Waals surface area contributed by atoms with Gasteiger partial charge in [0.05, 0.1) is 0 Å². The molecule has 0 aliphatic carbocycles. The SMILES string of the molecule is CCCN(C(C)C)S(=O)(=O)c1ccc(NCC)nc1. The first-order valence-corrected chi connectivity index (χ1v) is 8.09. The predicted octanol–water partition coefficient (Wildman–Crippen LogP) is 2.32. The van der Waals surface area contributed by atoms with Crippen molar-refractivity contribution in [3.05, 3.63) is 18.3 Å². The Balaban J connectivity index is 3.04. The Morgan fingerprint density at radius 1 is 1.32 bits per heavy atom. The molecule has 0 atom stereocenters. The second kappa shape index (κ2) is 6.86. The number of pyridine rings is 1. The van der Waals surface area contributed by atoms with Gasteiger partial charge in [-0.25, -0.2) is 13.4 Å². The summed E-state index contributed by atoms with van der Waals surface area (Å²) < 4.78 is 26.5. The van der Waals surface area contributed by atoms with Gasteiger partial charge < -0.3 is 5.32 Å². The molecular weight excluding hydrogens is 262 g/mol. The van der Waals surface area contributed by atoms with E-state index in [4.69, 9.17) is 0 Å². The van der Waals surface area contributed by atoms with Crippen molar-refractivity contribution in [2.75, 3.05) is 18.4 Å². The zero-order valence-corrected chi connectivity index (χ0v) is 12.9. The fraction of sp³-hybridized carbons (Fsp3) is 0.615. The maximum atomic E-state index is 12.5. The summed E-state index contributed by atoms with van der Waals surface area (Å²) in [5.41, 5.74) is 0. The summed E-state index contributed by atoms with van der Waals surface area (Å²) in [6.07, 6.45) is 2.21. The lowest BCUT2D eigenvalue weighted by atomic mass is 10.4. The Morgan fingerprint density at radius 2 is 2.00 bits per heavy atom. The molecule has 0 saturated heterocycles. The highest BCUT2D eigenvalue weighted by atomic mass is 32.2. The molecule has 0 aliphatic rings. The summed E-state index contributed by atoms with van der Waals surface area (Å²) in [6, 6.07) is 3.24. The van der Waals surface area contributed by atoms with Gasteiger partial charge in [-0.1, -0.05) is 6.92 Å². The van der Waals surface area contributed by atoms with Gasteiger partial charge in [0, 0.05) is 25.3 Å². The minimum atomic E-state index is -3.45. The van der Waals surface area contributed by atoms with Gasteiger partial charge in [0.2, 0.25) is 10.0 Å². The topological polar surface area (TPSA) is 62.3 Å². The minimum absolute atomic E-state index is 0.0570. The molecule has 1 N–H and O–H groups in total. The molecule has 0 aliphatic heterocycles. The number of rotatable bonds is 7. The Kier molecular flexibility index (Phi) is 5.75. The van der Waals surface area contributed by atoms with Crippen LogP contribution in [-0.2, 0) is 10.0 Å². The molecule has 0 amide bonds. The number of hydrogen-bond acceptors (Lipinski definition) is 4. The van der Waals surface area contributed by atoms with Gasteiger partial charge in [-0.15, -0.1) is 0 Å². The number of nitrogens with one attached hydrogen (secondary N) is 1. The van der Waals surface area contributed by atoms with Crippen LogP contribution < -0.4 is 5.32 Å². The third kappa shape index (κ3) is 3.91. The third-order valence-corrected chi connectivity index (χ3v) is 4.78. The van der Waals surface area contributed by atoms with Crippen LogP contribution in [0.5, 0.6) is 0 Å². The van der Waals surface area contributed by atoms with E-state index >= 15 is 0 Å². The molecule has 0 fully saturated rings. The van der Waals surface area contributed by atoms with Gasteiger partial charge in [0.25, 0.3) is 0 Å². The fourth-order valence-electron chi connectivity index (χ4n) is 1.83. The quantitative estimate of drug-likeness (QED) is 0.835. The average molecular weight is 285 g/mol. The number of hydrogen-bond donors (Lipinski definition) is 1. The Bertz CT molecular complexity index is 483. The van der Waals surface area contributed by atoms with Crippen molar-refractivity contribution in [1.29, 1.82) is 0 Å². The van der Waals surface area contributed by atoms with Crippen molar-refractivity contribution in [2.24, 2.45) is 0 Å². The first kappa shape index (κ1) is 15.9. The van der Waals surface area contributed by atoms with E-state index in [1.54, 1.807) is 12.1 Å². The van der Waals surface area contributed by atoms with Crippen LogP contribution in [0.2, 0.25) is 0 Å². The summed E-state index contributed by atoms with van der Waals surface area (Å²) in [7, 11) is -3.45. The van der Waals surface area contributed by atoms with Crippen LogP contribution >= 0.6 is 0 Å². The highest BCUT2D eigenvalue weighted by molar-refractivity contribution is 7.89. The highest BCUT2D eigenvalue weighted by Gasteiger charge is 2.26. The lowest BCUT2D eigenvalue weighted by molar-refractivity contribution is 0.354. The minimum Gasteiger partial charge on any atom is -0.370 e. The maximum absolute atomic E-state index is 12.5. The van der Waals surface area contributed by atoms with E-state index < -0.39 is 10.0 Å². The fourth-order valence-corrected chi connectivity index (χ4v) is 3.50. The van der Waals surface area contributed by atoms with Crippen LogP contribution in [0.25, 0.3) is 0 Å². The molecule has 1 aromatic rings. The number of anilines is 1. The second-order valence-corrected chi connectivity index (χ2v) is 6.51. The summed E-state index contributed by atoms with van der Waals surface area (Å²) in [5.74, 6) is 0.688. The summed E-state index contributed by atoms with van der Waals surface area (Å²) in [5, 5.41) is 3.04. The molecule has 0 spiro atoms. The number of aromatic nitrogens is 1. The zero-order chi connectivity index (χ0) is 14.5. The average Bonchev–Trinajstić information content (AvgIpc) is 2.36. The van der Waals surface area contributed by atoms with Gasteiger partial charge in [0.15, 0.2) is 0 Å². The standard InChI is InChI=1S/C13H23N3O2S/c1-5-9-16(11(3)4)19(17,18)12-7-8-13(14-6-2)15-10-12/h7-8,10-11H,5-6,9H2,1-4H3,(H,14,15). The largest absolute Gasteiger partial charge is 0.370 e. The van der Waals surface area contributed by atoms with Gasteiger partial charge in [-0.2, -0.15) is 4.31 Å². The Morgan fingerprint density at radius 3 is 2.42 bits per heavy atom. The molecule has 0 radical (unpaired) electrons. The van der Waals surface area contributed by atoms with Crippen LogP contribution in [-0.4, -0.2) is 36.8 Å². The monoisotopic (exact) mass is 285 g/mol. The molecule has 0 unspecified atom stereocenters. The summed E-state index contributed by atoms with van der Waals surface area (Å²) >= 11 is 0. The van der Waals surface area contributed by atoms with E-state index in [2.05, 4.69) is 10.3 Å². The van der Waals surface area contributed by atoms with E-state index in [9.17, 15) is 8.42 Å². The molecule has 0 saturated carbocycles. The lowest BCUT2D eigenvalue weighted by Gasteiger charge is -2.25. The van der Waals surface area contributed by atoms with Crippen molar-refractivity contribution in [3.8, 4) is 0 Å². The van der Waals surface area contributed by atoms with E-state index in [0.29, 0.717) is 12.4 Å². The van der Waals surface area contributed by atoms with Gasteiger partial charge in [-0.3, -0.25) is 0 Å². The molecule has 1 heterocycles. The van der Waals surface area contributed by atoms with Crippen molar-refractivity contribution in [3.63, 3.8) is 0 Å². The van der Waals surface area contributed by atoms with Crippen LogP contribution in [0.4, 0.5) is 5.82 Å². The molecule has 108 valence electrons. The molecule has 1 aromatic heterocycles. The molecule has 5 nitrogen and oxygen atoms in total. The van der Waals surface area contributed by atoms with Crippen molar-refractivity contribution >= 4 is 15.8 Å². The molecular formula is C13H23N3O2S. The molecule has 1 rings (SSSR count). The maximum Gasteiger partial charge on any atom is 0.244 e. The Hall–Kier alpha value is -1.14. The first-order valence-electron chi connectivity index (χ1n) is 6.65. The van der Waals surface area contributed by atoms with Crippen LogP contribution in [0.3, 0.4) is 0 Å². The van der Waals surface area contributed by atoms with Crippen molar-refractivity contribution in [2.45, 2.75) is 45.1 Å². The van der Waals surface area contributed by atoms with Crippen molar-refractivity contribution < 1.29 is 8.42 Å². The van der Waals surface area contributed by atoms with Crippen LogP contribution in [0, 0.1) is 0 Å². The van der Waals surface area contributed by atoms with E-state index in [1.807, 2.05) is 27.7 Å². The van der Waals surface area contributed by atoms with Crippen LogP contribution in [0.15, 0.2) is 23.2 Å². The predicted molar refractivity (Wildman–Crippen MR) is 77.7 cm³/mol. The lowest BCUT2D eigenvalue weighted by Crippen LogP contribution is -2.37. The van der Waals surface area contributed by atoms with Gasteiger partial charge >= 0.3 is 0 Å². The van der Waals surface area contributed by atoms with Crippen LogP contribution in [0.1, 0.15) is 34.1 Å². The molecule has 19 heavy (non-hydrogen) atoms. The highest BCUT2D eigenvalue weighted by Crippen LogP contribution is 2.19.